The van der Waals surface area contributed by atoms with Gasteiger partial charge < -0.3 is 9.88 Å². The quantitative estimate of drug-likeness (QED) is 0.650. The lowest BCUT2D eigenvalue weighted by Gasteiger charge is -2.08. The summed E-state index contributed by atoms with van der Waals surface area (Å²) in [5.41, 5.74) is 4.06. The van der Waals surface area contributed by atoms with E-state index in [0.717, 1.165) is 29.1 Å². The molecule has 2 heterocycles. The normalized spacial score (nSPS) is 11.1. The van der Waals surface area contributed by atoms with Gasteiger partial charge in [0.25, 0.3) is 0 Å². The Hall–Kier alpha value is -2.96. The van der Waals surface area contributed by atoms with E-state index in [0.29, 0.717) is 24.2 Å². The predicted octanol–water partition coefficient (Wildman–Crippen LogP) is 2.43. The molecule has 0 radical (unpaired) electrons. The molecule has 142 valence electrons. The van der Waals surface area contributed by atoms with Gasteiger partial charge in [0.05, 0.1) is 22.3 Å². The van der Waals surface area contributed by atoms with Crippen molar-refractivity contribution < 1.29 is 9.59 Å². The van der Waals surface area contributed by atoms with Crippen LogP contribution >= 0.6 is 0 Å². The number of Topliss-reactive ketones (excluding diaryl/α,β-unsaturated/α-hetero) is 1. The van der Waals surface area contributed by atoms with Gasteiger partial charge in [0.2, 0.25) is 5.91 Å². The smallest absolute Gasteiger partial charge is 0.241 e. The molecule has 7 nitrogen and oxygen atoms in total. The molecule has 0 bridgehead atoms. The number of fused-ring (bicyclic) bond motifs is 1. The summed E-state index contributed by atoms with van der Waals surface area (Å²) in [5.74, 6) is 0.800. The highest BCUT2D eigenvalue weighted by Gasteiger charge is 2.17. The van der Waals surface area contributed by atoms with Crippen LogP contribution < -0.4 is 5.32 Å². The number of nitrogens with one attached hydrogen (secondary N) is 1. The summed E-state index contributed by atoms with van der Waals surface area (Å²) in [6, 6.07) is 8.04. The topological polar surface area (TPSA) is 81.8 Å². The summed E-state index contributed by atoms with van der Waals surface area (Å²) in [7, 11) is 0. The first-order valence-corrected chi connectivity index (χ1v) is 9.18. The monoisotopic (exact) mass is 367 g/mol. The summed E-state index contributed by atoms with van der Waals surface area (Å²) >= 11 is 0. The fraction of sp³-hybridized carbons (Fsp3) is 0.400. The van der Waals surface area contributed by atoms with Gasteiger partial charge in [-0.15, -0.1) is 0 Å². The number of hydrogen-bond donors (Lipinski definition) is 1. The Morgan fingerprint density at radius 2 is 1.93 bits per heavy atom. The van der Waals surface area contributed by atoms with E-state index in [4.69, 9.17) is 0 Å². The van der Waals surface area contributed by atoms with Crippen molar-refractivity contribution in [3.63, 3.8) is 0 Å². The van der Waals surface area contributed by atoms with Crippen LogP contribution in [0, 0.1) is 13.8 Å². The van der Waals surface area contributed by atoms with Crippen molar-refractivity contribution in [3.05, 3.63) is 47.0 Å². The number of carbonyl (C=O) groups excluding carboxylic acids is 2. The first-order valence-electron chi connectivity index (χ1n) is 9.18. The molecule has 0 atom stereocenters. The van der Waals surface area contributed by atoms with Crippen LogP contribution in [0.3, 0.4) is 0 Å². The number of para-hydroxylation sites is 2. The second-order valence-electron chi connectivity index (χ2n) is 6.62. The molecule has 3 rings (SSSR count). The molecule has 1 aromatic carbocycles. The Kier molecular flexibility index (Phi) is 5.39. The summed E-state index contributed by atoms with van der Waals surface area (Å²) in [6.45, 7) is 8.64. The minimum Gasteiger partial charge on any atom is -0.354 e. The molecule has 2 aromatic heterocycles. The zero-order valence-electron chi connectivity index (χ0n) is 16.2. The first kappa shape index (κ1) is 18.8. The van der Waals surface area contributed by atoms with E-state index < -0.39 is 0 Å². The zero-order chi connectivity index (χ0) is 19.6. The van der Waals surface area contributed by atoms with Gasteiger partial charge in [-0.3, -0.25) is 14.3 Å². The Morgan fingerprint density at radius 3 is 2.59 bits per heavy atom. The van der Waals surface area contributed by atoms with E-state index in [-0.39, 0.29) is 18.2 Å². The van der Waals surface area contributed by atoms with Crippen LogP contribution in [0.1, 0.15) is 41.4 Å². The van der Waals surface area contributed by atoms with Gasteiger partial charge in [-0.05, 0) is 39.8 Å². The Labute approximate surface area is 158 Å². The van der Waals surface area contributed by atoms with Crippen molar-refractivity contribution in [2.24, 2.45) is 0 Å². The van der Waals surface area contributed by atoms with Crippen molar-refractivity contribution in [1.82, 2.24) is 24.6 Å². The molecular formula is C20H25N5O2. The van der Waals surface area contributed by atoms with Crippen molar-refractivity contribution in [1.29, 1.82) is 0 Å². The third-order valence-corrected chi connectivity index (χ3v) is 4.75. The van der Waals surface area contributed by atoms with Gasteiger partial charge in [0, 0.05) is 25.2 Å². The summed E-state index contributed by atoms with van der Waals surface area (Å²) in [4.78, 5) is 28.6. The van der Waals surface area contributed by atoms with E-state index in [2.05, 4.69) is 33.0 Å². The lowest BCUT2D eigenvalue weighted by atomic mass is 10.1. The Bertz CT molecular complexity index is 999. The first-order chi connectivity index (χ1) is 12.9. The molecule has 0 fully saturated rings. The Balaban J connectivity index is 1.62. The molecule has 0 aliphatic rings. The lowest BCUT2D eigenvalue weighted by Crippen LogP contribution is -2.30. The fourth-order valence-corrected chi connectivity index (χ4v) is 3.54. The number of aromatic nitrogens is 4. The second-order valence-corrected chi connectivity index (χ2v) is 6.62. The molecule has 0 aliphatic heterocycles. The number of rotatable bonds is 7. The number of imidazole rings is 1. The highest BCUT2D eigenvalue weighted by molar-refractivity contribution is 5.96. The van der Waals surface area contributed by atoms with Crippen molar-refractivity contribution in [3.8, 4) is 0 Å². The van der Waals surface area contributed by atoms with Crippen LogP contribution in [0.4, 0.5) is 0 Å². The van der Waals surface area contributed by atoms with E-state index in [1.165, 1.54) is 6.92 Å². The van der Waals surface area contributed by atoms with Crippen LogP contribution in [0.2, 0.25) is 0 Å². The van der Waals surface area contributed by atoms with Crippen LogP contribution in [-0.4, -0.2) is 37.6 Å². The number of carbonyl (C=O) groups is 2. The van der Waals surface area contributed by atoms with E-state index >= 15 is 0 Å². The molecule has 1 amide bonds. The molecule has 0 spiro atoms. The predicted molar refractivity (Wildman–Crippen MR) is 104 cm³/mol. The van der Waals surface area contributed by atoms with Crippen molar-refractivity contribution >= 4 is 22.7 Å². The van der Waals surface area contributed by atoms with Crippen LogP contribution in [-0.2, 0) is 24.3 Å². The zero-order valence-corrected chi connectivity index (χ0v) is 16.2. The number of aryl methyl sites for hydroxylation is 2. The average Bonchev–Trinajstić information content (AvgIpc) is 3.11. The summed E-state index contributed by atoms with van der Waals surface area (Å²) < 4.78 is 3.75. The third kappa shape index (κ3) is 3.77. The maximum Gasteiger partial charge on any atom is 0.241 e. The lowest BCUT2D eigenvalue weighted by molar-refractivity contribution is -0.121. The average molecular weight is 367 g/mol. The molecule has 0 aliphatic carbocycles. The van der Waals surface area contributed by atoms with E-state index in [1.807, 2.05) is 25.1 Å². The van der Waals surface area contributed by atoms with E-state index in [1.54, 1.807) is 11.6 Å². The largest absolute Gasteiger partial charge is 0.354 e. The SMILES string of the molecule is CCn1c(CCNC(=O)Cn2nc(C)c(C(C)=O)c2C)nc2ccccc21. The molecule has 3 aromatic rings. The molecule has 1 N–H and O–H groups in total. The highest BCUT2D eigenvalue weighted by Crippen LogP contribution is 2.16. The maximum atomic E-state index is 12.3. The van der Waals surface area contributed by atoms with Gasteiger partial charge in [-0.1, -0.05) is 12.1 Å². The summed E-state index contributed by atoms with van der Waals surface area (Å²) in [5, 5.41) is 7.23. The van der Waals surface area contributed by atoms with Crippen LogP contribution in [0.5, 0.6) is 0 Å². The van der Waals surface area contributed by atoms with Crippen LogP contribution in [0.15, 0.2) is 24.3 Å². The third-order valence-electron chi connectivity index (χ3n) is 4.75. The van der Waals surface area contributed by atoms with E-state index in [9.17, 15) is 9.59 Å². The van der Waals surface area contributed by atoms with Gasteiger partial charge in [0.1, 0.15) is 12.4 Å². The van der Waals surface area contributed by atoms with Crippen molar-refractivity contribution in [2.45, 2.75) is 47.2 Å². The Morgan fingerprint density at radius 1 is 1.19 bits per heavy atom. The molecule has 27 heavy (non-hydrogen) atoms. The number of amides is 1. The van der Waals surface area contributed by atoms with Gasteiger partial charge in [0.15, 0.2) is 5.78 Å². The molecular weight excluding hydrogens is 342 g/mol. The minimum absolute atomic E-state index is 0.0323. The van der Waals surface area contributed by atoms with Crippen molar-refractivity contribution in [2.75, 3.05) is 6.54 Å². The number of ketones is 1. The highest BCUT2D eigenvalue weighted by atomic mass is 16.2. The van der Waals surface area contributed by atoms with Crippen LogP contribution in [0.25, 0.3) is 11.0 Å². The number of nitrogens with zero attached hydrogens (tertiary/aromatic N) is 4. The summed E-state index contributed by atoms with van der Waals surface area (Å²) in [6.07, 6.45) is 0.657. The maximum absolute atomic E-state index is 12.3. The van der Waals surface area contributed by atoms with Gasteiger partial charge in [-0.2, -0.15) is 5.10 Å². The number of hydrogen-bond acceptors (Lipinski definition) is 4. The second kappa shape index (κ2) is 7.73. The molecule has 7 heteroatoms. The molecule has 0 saturated carbocycles. The molecule has 0 unspecified atom stereocenters. The van der Waals surface area contributed by atoms with Gasteiger partial charge in [-0.25, -0.2) is 4.98 Å². The molecule has 0 saturated heterocycles. The number of benzene rings is 1. The minimum atomic E-state index is -0.130. The van der Waals surface area contributed by atoms with Gasteiger partial charge >= 0.3 is 0 Å². The standard InChI is InChI=1S/C20H25N5O2/c1-5-24-17-9-7-6-8-16(17)22-18(24)10-11-21-19(27)12-25-14(3)20(15(4)26)13(2)23-25/h6-9H,5,10-12H2,1-4H3,(H,21,27). The fourth-order valence-electron chi connectivity index (χ4n) is 3.54.